The second kappa shape index (κ2) is 8.99. The van der Waals surface area contributed by atoms with Crippen molar-refractivity contribution in [1.29, 1.82) is 0 Å². The molecule has 4 heterocycles. The lowest BCUT2D eigenvalue weighted by atomic mass is 9.95. The Kier molecular flexibility index (Phi) is 5.93. The Balaban J connectivity index is 1.43. The number of aliphatic imine (C=N–C) groups is 1. The highest BCUT2D eigenvalue weighted by Crippen LogP contribution is 2.32. The van der Waals surface area contributed by atoms with Gasteiger partial charge in [0.1, 0.15) is 11.4 Å². The Morgan fingerprint density at radius 3 is 2.14 bits per heavy atom. The van der Waals surface area contributed by atoms with Crippen LogP contribution in [0.15, 0.2) is 83.0 Å². The minimum absolute atomic E-state index is 0.0741. The van der Waals surface area contributed by atoms with Crippen molar-refractivity contribution >= 4 is 5.71 Å². The van der Waals surface area contributed by atoms with E-state index in [-0.39, 0.29) is 17.7 Å². The van der Waals surface area contributed by atoms with Crippen LogP contribution in [0.25, 0.3) is 11.1 Å². The van der Waals surface area contributed by atoms with E-state index < -0.39 is 29.3 Å². The van der Waals surface area contributed by atoms with Crippen molar-refractivity contribution in [1.82, 2.24) is 14.5 Å². The zero-order chi connectivity index (χ0) is 26.4. The number of hydrogen-bond acceptors (Lipinski definition) is 4. The minimum Gasteiger partial charge on any atom is -0.311 e. The maximum Gasteiger partial charge on any atom is 0.433 e. The van der Waals surface area contributed by atoms with Crippen LogP contribution < -0.4 is 5.56 Å². The molecule has 1 aliphatic heterocycles. The lowest BCUT2D eigenvalue weighted by molar-refractivity contribution is -0.142. The molecule has 37 heavy (non-hydrogen) atoms. The zero-order valence-corrected chi connectivity index (χ0v) is 18.8. The average Bonchev–Trinajstić information content (AvgIpc) is 3.28. The molecular weight excluding hydrogens is 498 g/mol. The van der Waals surface area contributed by atoms with Crippen LogP contribution in [0.5, 0.6) is 0 Å². The largest absolute Gasteiger partial charge is 0.433 e. The van der Waals surface area contributed by atoms with Gasteiger partial charge in [0.25, 0.3) is 5.56 Å². The number of nitrogens with zero attached hydrogens (tertiary/aromatic N) is 4. The summed E-state index contributed by atoms with van der Waals surface area (Å²) in [4.78, 5) is 23.9. The van der Waals surface area contributed by atoms with Crippen LogP contribution in [0.2, 0.25) is 0 Å². The maximum atomic E-state index is 13.1. The number of rotatable bonds is 4. The summed E-state index contributed by atoms with van der Waals surface area (Å²) < 4.78 is 79.5. The number of aromatic nitrogens is 3. The molecule has 1 aromatic carbocycles. The molecule has 0 fully saturated rings. The van der Waals surface area contributed by atoms with Crippen molar-refractivity contribution in [2.75, 3.05) is 0 Å². The van der Waals surface area contributed by atoms with E-state index in [4.69, 9.17) is 0 Å². The summed E-state index contributed by atoms with van der Waals surface area (Å²) in [6.45, 7) is 0.233. The fourth-order valence-electron chi connectivity index (χ4n) is 4.09. The van der Waals surface area contributed by atoms with E-state index in [2.05, 4.69) is 15.0 Å². The topological polar surface area (TPSA) is 60.1 Å². The Morgan fingerprint density at radius 2 is 1.43 bits per heavy atom. The van der Waals surface area contributed by atoms with Crippen molar-refractivity contribution < 1.29 is 26.3 Å². The Morgan fingerprint density at radius 1 is 0.757 bits per heavy atom. The van der Waals surface area contributed by atoms with Gasteiger partial charge in [0.2, 0.25) is 0 Å². The predicted octanol–water partition coefficient (Wildman–Crippen LogP) is 5.74. The third-order valence-corrected chi connectivity index (χ3v) is 5.89. The SMILES string of the molecule is O=c1cc(-c2ccc3c(c2)C(c2ccnc(C(F)(F)F)c2)=NC3)ccn1Cc1ccnc(C(F)(F)F)c1. The highest BCUT2D eigenvalue weighted by molar-refractivity contribution is 6.15. The molecule has 0 radical (unpaired) electrons. The molecule has 0 bridgehead atoms. The zero-order valence-electron chi connectivity index (χ0n) is 18.8. The van der Waals surface area contributed by atoms with Gasteiger partial charge >= 0.3 is 12.4 Å². The molecule has 0 atom stereocenters. The number of hydrogen-bond donors (Lipinski definition) is 0. The van der Waals surface area contributed by atoms with Crippen LogP contribution in [0.3, 0.4) is 0 Å². The van der Waals surface area contributed by atoms with E-state index in [0.717, 1.165) is 30.1 Å². The lowest BCUT2D eigenvalue weighted by Gasteiger charge is -2.11. The summed E-state index contributed by atoms with van der Waals surface area (Å²) in [5.74, 6) is 0. The number of benzene rings is 1. The third kappa shape index (κ3) is 5.02. The van der Waals surface area contributed by atoms with E-state index in [1.165, 1.54) is 29.0 Å². The molecule has 4 aromatic rings. The number of fused-ring (bicyclic) bond motifs is 1. The van der Waals surface area contributed by atoms with Gasteiger partial charge in [0.05, 0.1) is 18.8 Å². The van der Waals surface area contributed by atoms with Crippen LogP contribution in [0.1, 0.15) is 33.6 Å². The highest BCUT2D eigenvalue weighted by atomic mass is 19.4. The van der Waals surface area contributed by atoms with Gasteiger partial charge in [-0.25, -0.2) is 0 Å². The van der Waals surface area contributed by atoms with Gasteiger partial charge in [-0.1, -0.05) is 12.1 Å². The van der Waals surface area contributed by atoms with E-state index in [1.807, 2.05) is 0 Å². The van der Waals surface area contributed by atoms with Gasteiger partial charge in [0, 0.05) is 35.8 Å². The Labute approximate surface area is 205 Å². The normalized spacial score (nSPS) is 13.4. The summed E-state index contributed by atoms with van der Waals surface area (Å²) in [6.07, 6.45) is -5.57. The van der Waals surface area contributed by atoms with Gasteiger partial charge in [0.15, 0.2) is 0 Å². The van der Waals surface area contributed by atoms with Crippen LogP contribution in [0, 0.1) is 0 Å². The molecule has 0 unspecified atom stereocenters. The molecule has 0 spiro atoms. The summed E-state index contributed by atoms with van der Waals surface area (Å²) in [6, 6.07) is 13.0. The molecule has 0 N–H and O–H groups in total. The van der Waals surface area contributed by atoms with Crippen molar-refractivity contribution in [2.45, 2.75) is 25.4 Å². The molecule has 0 aliphatic carbocycles. The second-order valence-corrected chi connectivity index (χ2v) is 8.39. The minimum atomic E-state index is -4.59. The molecule has 0 amide bonds. The summed E-state index contributed by atoms with van der Waals surface area (Å²) in [5.41, 5.74) is 1.14. The highest BCUT2D eigenvalue weighted by Gasteiger charge is 2.33. The van der Waals surface area contributed by atoms with Crippen LogP contribution in [-0.4, -0.2) is 20.2 Å². The molecule has 188 valence electrons. The van der Waals surface area contributed by atoms with E-state index in [1.54, 1.807) is 24.3 Å². The van der Waals surface area contributed by atoms with Crippen LogP contribution in [-0.2, 0) is 25.4 Å². The standard InChI is InChI=1S/C26H16F6N4O/c27-25(28,29)21-9-15(3-6-33-21)14-36-8-5-17(12-23(36)37)16-1-2-19-13-35-24(20(19)10-16)18-4-7-34-22(11-18)26(30,31)32/h1-12H,13-14H2. The van der Waals surface area contributed by atoms with Crippen molar-refractivity contribution in [3.8, 4) is 11.1 Å². The Hall–Kier alpha value is -4.28. The van der Waals surface area contributed by atoms with Gasteiger partial charge in [-0.05, 0) is 58.7 Å². The first-order valence-corrected chi connectivity index (χ1v) is 10.9. The molecule has 0 saturated heterocycles. The third-order valence-electron chi connectivity index (χ3n) is 5.89. The smallest absolute Gasteiger partial charge is 0.311 e. The number of alkyl halides is 6. The van der Waals surface area contributed by atoms with E-state index in [0.29, 0.717) is 28.9 Å². The van der Waals surface area contributed by atoms with Gasteiger partial charge in [-0.3, -0.25) is 19.8 Å². The van der Waals surface area contributed by atoms with Gasteiger partial charge in [-0.2, -0.15) is 26.3 Å². The quantitative estimate of drug-likeness (QED) is 0.326. The molecular formula is C26H16F6N4O. The predicted molar refractivity (Wildman–Crippen MR) is 123 cm³/mol. The monoisotopic (exact) mass is 514 g/mol. The van der Waals surface area contributed by atoms with Gasteiger partial charge < -0.3 is 4.57 Å². The number of pyridine rings is 3. The first-order valence-electron chi connectivity index (χ1n) is 10.9. The fourth-order valence-corrected chi connectivity index (χ4v) is 4.09. The fraction of sp³-hybridized carbons (Fsp3) is 0.154. The molecule has 5 nitrogen and oxygen atoms in total. The van der Waals surface area contributed by atoms with Crippen molar-refractivity contribution in [3.63, 3.8) is 0 Å². The van der Waals surface area contributed by atoms with Crippen LogP contribution >= 0.6 is 0 Å². The second-order valence-electron chi connectivity index (χ2n) is 8.39. The molecule has 1 aliphatic rings. The molecule has 0 saturated carbocycles. The molecule has 3 aromatic heterocycles. The summed E-state index contributed by atoms with van der Waals surface area (Å²) in [5, 5.41) is 0. The van der Waals surface area contributed by atoms with Crippen molar-refractivity contribution in [3.05, 3.63) is 117 Å². The lowest BCUT2D eigenvalue weighted by Crippen LogP contribution is -2.19. The van der Waals surface area contributed by atoms with E-state index >= 15 is 0 Å². The van der Waals surface area contributed by atoms with Crippen LogP contribution in [0.4, 0.5) is 26.3 Å². The summed E-state index contributed by atoms with van der Waals surface area (Å²) in [7, 11) is 0. The maximum absolute atomic E-state index is 13.1. The first-order chi connectivity index (χ1) is 17.5. The number of halogens is 6. The van der Waals surface area contributed by atoms with Gasteiger partial charge in [-0.15, -0.1) is 0 Å². The summed E-state index contributed by atoms with van der Waals surface area (Å²) >= 11 is 0. The average molecular weight is 514 g/mol. The molecule has 11 heteroatoms. The van der Waals surface area contributed by atoms with E-state index in [9.17, 15) is 31.1 Å². The first kappa shape index (κ1) is 24.4. The Bertz CT molecular complexity index is 1590. The molecule has 5 rings (SSSR count). The van der Waals surface area contributed by atoms with Crippen molar-refractivity contribution in [2.24, 2.45) is 4.99 Å².